The van der Waals surface area contributed by atoms with Crippen LogP contribution >= 0.6 is 0 Å². The lowest BCUT2D eigenvalue weighted by Crippen LogP contribution is -1.99. The SMILES string of the molecule is OCc1nccc(Nc2cc([C@H]3C[CH]CC3)[nH]n2)n1. The molecule has 6 heteroatoms. The van der Waals surface area contributed by atoms with Gasteiger partial charge in [0.15, 0.2) is 11.6 Å². The number of aliphatic hydroxyl groups excluding tert-OH is 1. The second-order valence-electron chi connectivity index (χ2n) is 4.65. The first-order chi connectivity index (χ1) is 9.35. The largest absolute Gasteiger partial charge is 0.388 e. The van der Waals surface area contributed by atoms with Gasteiger partial charge in [-0.2, -0.15) is 5.10 Å². The smallest absolute Gasteiger partial charge is 0.156 e. The maximum Gasteiger partial charge on any atom is 0.156 e. The van der Waals surface area contributed by atoms with Crippen LogP contribution in [0.1, 0.15) is 36.7 Å². The fourth-order valence-electron chi connectivity index (χ4n) is 2.32. The molecule has 0 saturated heterocycles. The molecule has 2 aromatic rings. The van der Waals surface area contributed by atoms with Crippen LogP contribution in [0.15, 0.2) is 18.3 Å². The molecule has 1 atom stereocenters. The van der Waals surface area contributed by atoms with Gasteiger partial charge < -0.3 is 10.4 Å². The van der Waals surface area contributed by atoms with Gasteiger partial charge in [0.25, 0.3) is 0 Å². The maximum absolute atomic E-state index is 9.00. The number of aliphatic hydroxyl groups is 1. The van der Waals surface area contributed by atoms with Crippen molar-refractivity contribution in [3.8, 4) is 0 Å². The number of hydrogen-bond donors (Lipinski definition) is 3. The van der Waals surface area contributed by atoms with E-state index < -0.39 is 0 Å². The zero-order chi connectivity index (χ0) is 13.1. The van der Waals surface area contributed by atoms with Gasteiger partial charge in [0.1, 0.15) is 12.4 Å². The molecule has 0 unspecified atom stereocenters. The van der Waals surface area contributed by atoms with Gasteiger partial charge >= 0.3 is 0 Å². The number of rotatable bonds is 4. The minimum atomic E-state index is -0.167. The number of hydrogen-bond acceptors (Lipinski definition) is 5. The second kappa shape index (κ2) is 5.36. The van der Waals surface area contributed by atoms with Crippen LogP contribution in [0.3, 0.4) is 0 Å². The topological polar surface area (TPSA) is 86.7 Å². The third-order valence-corrected chi connectivity index (χ3v) is 3.31. The zero-order valence-corrected chi connectivity index (χ0v) is 10.5. The summed E-state index contributed by atoms with van der Waals surface area (Å²) >= 11 is 0. The van der Waals surface area contributed by atoms with Crippen LogP contribution in [0.5, 0.6) is 0 Å². The monoisotopic (exact) mass is 258 g/mol. The van der Waals surface area contributed by atoms with E-state index in [1.807, 2.05) is 6.07 Å². The summed E-state index contributed by atoms with van der Waals surface area (Å²) in [5.74, 6) is 2.33. The van der Waals surface area contributed by atoms with Crippen LogP contribution in [0.2, 0.25) is 0 Å². The molecule has 1 aliphatic rings. The molecule has 1 radical (unpaired) electrons. The summed E-state index contributed by atoms with van der Waals surface area (Å²) in [6, 6.07) is 3.77. The molecule has 1 fully saturated rings. The van der Waals surface area contributed by atoms with Gasteiger partial charge in [-0.05, 0) is 31.7 Å². The molecule has 2 heterocycles. The van der Waals surface area contributed by atoms with Gasteiger partial charge in [0.2, 0.25) is 0 Å². The Balaban J connectivity index is 1.72. The van der Waals surface area contributed by atoms with Crippen molar-refractivity contribution in [2.75, 3.05) is 5.32 Å². The molecule has 2 aromatic heterocycles. The van der Waals surface area contributed by atoms with Crippen molar-refractivity contribution in [2.45, 2.75) is 31.8 Å². The normalized spacial score (nSPS) is 15.8. The molecule has 0 aliphatic heterocycles. The van der Waals surface area contributed by atoms with E-state index in [-0.39, 0.29) is 6.61 Å². The molecule has 19 heavy (non-hydrogen) atoms. The van der Waals surface area contributed by atoms with Crippen molar-refractivity contribution < 1.29 is 5.11 Å². The first kappa shape index (κ1) is 12.1. The maximum atomic E-state index is 9.00. The summed E-state index contributed by atoms with van der Waals surface area (Å²) in [5, 5.41) is 19.4. The summed E-state index contributed by atoms with van der Waals surface area (Å²) < 4.78 is 0. The van der Waals surface area contributed by atoms with E-state index in [1.165, 1.54) is 12.8 Å². The molecule has 3 rings (SSSR count). The minimum absolute atomic E-state index is 0.167. The van der Waals surface area contributed by atoms with E-state index in [0.717, 1.165) is 17.9 Å². The number of aromatic nitrogens is 4. The van der Waals surface area contributed by atoms with E-state index in [2.05, 4.69) is 31.9 Å². The molecular weight excluding hydrogens is 242 g/mol. The average molecular weight is 258 g/mol. The van der Waals surface area contributed by atoms with Crippen LogP contribution in [-0.2, 0) is 6.61 Å². The van der Waals surface area contributed by atoms with Crippen molar-refractivity contribution in [1.82, 2.24) is 20.2 Å². The first-order valence-electron chi connectivity index (χ1n) is 6.42. The van der Waals surface area contributed by atoms with Crippen molar-refractivity contribution >= 4 is 11.6 Å². The van der Waals surface area contributed by atoms with E-state index in [9.17, 15) is 0 Å². The number of nitrogens with one attached hydrogen (secondary N) is 2. The van der Waals surface area contributed by atoms with Crippen molar-refractivity contribution in [3.05, 3.63) is 36.3 Å². The van der Waals surface area contributed by atoms with Gasteiger partial charge in [-0.15, -0.1) is 0 Å². The Morgan fingerprint density at radius 1 is 1.42 bits per heavy atom. The molecule has 0 amide bonds. The Kier molecular flexibility index (Phi) is 3.41. The third-order valence-electron chi connectivity index (χ3n) is 3.31. The van der Waals surface area contributed by atoms with Crippen molar-refractivity contribution in [2.24, 2.45) is 0 Å². The first-order valence-corrected chi connectivity index (χ1v) is 6.42. The predicted molar refractivity (Wildman–Crippen MR) is 70.7 cm³/mol. The Morgan fingerprint density at radius 3 is 3.16 bits per heavy atom. The quantitative estimate of drug-likeness (QED) is 0.779. The number of H-pyrrole nitrogens is 1. The molecule has 1 saturated carbocycles. The third kappa shape index (κ3) is 2.73. The number of anilines is 2. The molecule has 99 valence electrons. The molecular formula is C13H16N5O. The van der Waals surface area contributed by atoms with Gasteiger partial charge in [0, 0.05) is 23.9 Å². The zero-order valence-electron chi connectivity index (χ0n) is 10.5. The molecule has 6 nitrogen and oxygen atoms in total. The summed E-state index contributed by atoms with van der Waals surface area (Å²) in [5.41, 5.74) is 1.16. The average Bonchev–Trinajstić information content (AvgIpc) is 3.09. The molecule has 1 aliphatic carbocycles. The van der Waals surface area contributed by atoms with E-state index in [1.54, 1.807) is 12.3 Å². The van der Waals surface area contributed by atoms with Crippen molar-refractivity contribution in [1.29, 1.82) is 0 Å². The van der Waals surface area contributed by atoms with Crippen LogP contribution in [0.4, 0.5) is 11.6 Å². The van der Waals surface area contributed by atoms with Crippen LogP contribution in [0.25, 0.3) is 0 Å². The summed E-state index contributed by atoms with van der Waals surface area (Å²) in [6.45, 7) is -0.167. The van der Waals surface area contributed by atoms with Crippen molar-refractivity contribution in [3.63, 3.8) is 0 Å². The standard InChI is InChI=1S/C13H16N5O/c19-8-13-14-6-5-11(16-13)15-12-7-10(17-18-12)9-3-1-2-4-9/h1,5-7,9,19H,2-4,8H2,(H2,14,15,16,17,18)/t9-/m0/s1. The van der Waals surface area contributed by atoms with E-state index in [0.29, 0.717) is 17.6 Å². The minimum Gasteiger partial charge on any atom is -0.388 e. The second-order valence-corrected chi connectivity index (χ2v) is 4.65. The van der Waals surface area contributed by atoms with Crippen LogP contribution < -0.4 is 5.32 Å². The molecule has 0 spiro atoms. The fraction of sp³-hybridized carbons (Fsp3) is 0.385. The highest BCUT2D eigenvalue weighted by atomic mass is 16.3. The van der Waals surface area contributed by atoms with Gasteiger partial charge in [-0.1, -0.05) is 0 Å². The highest BCUT2D eigenvalue weighted by Crippen LogP contribution is 2.33. The summed E-state index contributed by atoms with van der Waals surface area (Å²) in [7, 11) is 0. The van der Waals surface area contributed by atoms with Gasteiger partial charge in [-0.25, -0.2) is 9.97 Å². The molecule has 3 N–H and O–H groups in total. The number of nitrogens with zero attached hydrogens (tertiary/aromatic N) is 3. The predicted octanol–water partition coefficient (Wildman–Crippen LogP) is 1.91. The van der Waals surface area contributed by atoms with E-state index >= 15 is 0 Å². The number of aromatic amines is 1. The lowest BCUT2D eigenvalue weighted by molar-refractivity contribution is 0.271. The molecule has 0 bridgehead atoms. The lowest BCUT2D eigenvalue weighted by atomic mass is 10.0. The highest BCUT2D eigenvalue weighted by molar-refractivity contribution is 5.51. The summed E-state index contributed by atoms with van der Waals surface area (Å²) in [4.78, 5) is 8.10. The Bertz CT molecular complexity index is 547. The fourth-order valence-corrected chi connectivity index (χ4v) is 2.32. The summed E-state index contributed by atoms with van der Waals surface area (Å²) in [6.07, 6.45) is 7.41. The van der Waals surface area contributed by atoms with Gasteiger partial charge in [0.05, 0.1) is 0 Å². The van der Waals surface area contributed by atoms with Crippen LogP contribution in [-0.4, -0.2) is 25.3 Å². The Hall–Kier alpha value is -1.95. The lowest BCUT2D eigenvalue weighted by Gasteiger charge is -2.04. The van der Waals surface area contributed by atoms with Crippen LogP contribution in [0, 0.1) is 6.42 Å². The van der Waals surface area contributed by atoms with Gasteiger partial charge in [-0.3, -0.25) is 5.10 Å². The Labute approximate surface area is 111 Å². The Morgan fingerprint density at radius 2 is 2.37 bits per heavy atom. The highest BCUT2D eigenvalue weighted by Gasteiger charge is 2.19. The van der Waals surface area contributed by atoms with E-state index in [4.69, 9.17) is 5.11 Å². The molecule has 0 aromatic carbocycles.